The molecule has 0 aliphatic carbocycles. The smallest absolute Gasteiger partial charge is 0.165 e. The molecule has 12 rings (SSSR count). The Morgan fingerprint density at radius 2 is 0.782 bits per heavy atom. The SMILES string of the molecule is c1ccc(-c2nc3ccccc3nc2-n2c3ccccc3c3cc(-n4c5ccccc5c5c6c7ccccc7n(-c7ccccc7)c6ccc54)ccc32)cc1. The summed E-state index contributed by atoms with van der Waals surface area (Å²) in [6.45, 7) is 0. The zero-order chi connectivity index (χ0) is 36.0. The Hall–Kier alpha value is -7.50. The van der Waals surface area contributed by atoms with Gasteiger partial charge in [0.2, 0.25) is 0 Å². The van der Waals surface area contributed by atoms with E-state index in [4.69, 9.17) is 9.97 Å². The normalized spacial score (nSPS) is 12.0. The zero-order valence-corrected chi connectivity index (χ0v) is 29.6. The molecule has 0 aliphatic rings. The Morgan fingerprint density at radius 1 is 0.309 bits per heavy atom. The van der Waals surface area contributed by atoms with Crippen LogP contribution in [-0.2, 0) is 0 Å². The van der Waals surface area contributed by atoms with E-state index in [1.54, 1.807) is 0 Å². The van der Waals surface area contributed by atoms with Gasteiger partial charge in [-0.15, -0.1) is 0 Å². The summed E-state index contributed by atoms with van der Waals surface area (Å²) in [5.74, 6) is 0.818. The van der Waals surface area contributed by atoms with Crippen molar-refractivity contribution in [2.45, 2.75) is 0 Å². The molecule has 0 saturated heterocycles. The van der Waals surface area contributed by atoms with Crippen molar-refractivity contribution in [1.29, 1.82) is 0 Å². The molecule has 5 heteroatoms. The van der Waals surface area contributed by atoms with Crippen LogP contribution in [0.4, 0.5) is 0 Å². The topological polar surface area (TPSA) is 40.6 Å². The summed E-state index contributed by atoms with van der Waals surface area (Å²) in [4.78, 5) is 10.5. The maximum Gasteiger partial charge on any atom is 0.165 e. The number of fused-ring (bicyclic) bond motifs is 11. The summed E-state index contributed by atoms with van der Waals surface area (Å²) in [5, 5.41) is 7.35. The molecule has 0 amide bonds. The van der Waals surface area contributed by atoms with Crippen LogP contribution in [-0.4, -0.2) is 23.7 Å². The molecule has 0 bridgehead atoms. The molecule has 4 heterocycles. The summed E-state index contributed by atoms with van der Waals surface area (Å²) in [5.41, 5.74) is 12.8. The zero-order valence-electron chi connectivity index (χ0n) is 29.6. The molecule has 5 nitrogen and oxygen atoms in total. The fraction of sp³-hybridized carbons (Fsp3) is 0. The van der Waals surface area contributed by atoms with E-state index in [0.717, 1.165) is 55.9 Å². The lowest BCUT2D eigenvalue weighted by Gasteiger charge is -2.14. The van der Waals surface area contributed by atoms with E-state index in [0.29, 0.717) is 0 Å². The maximum absolute atomic E-state index is 5.32. The summed E-state index contributed by atoms with van der Waals surface area (Å²) in [7, 11) is 0. The minimum absolute atomic E-state index is 0.818. The monoisotopic (exact) mass is 701 g/mol. The van der Waals surface area contributed by atoms with Crippen molar-refractivity contribution in [2.75, 3.05) is 0 Å². The van der Waals surface area contributed by atoms with Crippen LogP contribution in [0.15, 0.2) is 188 Å². The molecule has 0 unspecified atom stereocenters. The molecule has 0 N–H and O–H groups in total. The number of aromatic nitrogens is 5. The first-order valence-corrected chi connectivity index (χ1v) is 18.7. The number of benzene rings is 8. The van der Waals surface area contributed by atoms with Crippen LogP contribution in [0.25, 0.3) is 105 Å². The largest absolute Gasteiger partial charge is 0.309 e. The molecule has 0 spiro atoms. The first kappa shape index (κ1) is 30.0. The van der Waals surface area contributed by atoms with Crippen LogP contribution in [0.1, 0.15) is 0 Å². The highest BCUT2D eigenvalue weighted by molar-refractivity contribution is 6.29. The van der Waals surface area contributed by atoms with Crippen LogP contribution >= 0.6 is 0 Å². The lowest BCUT2D eigenvalue weighted by molar-refractivity contribution is 1.08. The van der Waals surface area contributed by atoms with E-state index < -0.39 is 0 Å². The summed E-state index contributed by atoms with van der Waals surface area (Å²) in [6, 6.07) is 67.0. The highest BCUT2D eigenvalue weighted by atomic mass is 15.1. The average molecular weight is 702 g/mol. The Balaban J connectivity index is 1.15. The lowest BCUT2D eigenvalue weighted by atomic mass is 10.1. The molecule has 0 aliphatic heterocycles. The van der Waals surface area contributed by atoms with E-state index >= 15 is 0 Å². The first-order chi connectivity index (χ1) is 27.3. The van der Waals surface area contributed by atoms with Gasteiger partial charge in [0.15, 0.2) is 5.82 Å². The van der Waals surface area contributed by atoms with Crippen molar-refractivity contribution in [3.05, 3.63) is 188 Å². The molecule has 8 aromatic carbocycles. The third-order valence-corrected chi connectivity index (χ3v) is 11.2. The average Bonchev–Trinajstić information content (AvgIpc) is 3.89. The quantitative estimate of drug-likeness (QED) is 0.183. The Bertz CT molecular complexity index is 3480. The number of nitrogens with zero attached hydrogens (tertiary/aromatic N) is 5. The van der Waals surface area contributed by atoms with Gasteiger partial charge in [0, 0.05) is 49.3 Å². The van der Waals surface area contributed by atoms with Crippen molar-refractivity contribution in [2.24, 2.45) is 0 Å². The highest BCUT2D eigenvalue weighted by Gasteiger charge is 2.23. The Labute approximate surface area is 315 Å². The van der Waals surface area contributed by atoms with Crippen LogP contribution in [0.5, 0.6) is 0 Å². The Morgan fingerprint density at radius 3 is 1.44 bits per heavy atom. The molecule has 0 radical (unpaired) electrons. The van der Waals surface area contributed by atoms with Gasteiger partial charge in [0.05, 0.1) is 44.1 Å². The van der Waals surface area contributed by atoms with Gasteiger partial charge < -0.3 is 9.13 Å². The number of para-hydroxylation sites is 6. The minimum atomic E-state index is 0.818. The van der Waals surface area contributed by atoms with Crippen molar-refractivity contribution in [3.63, 3.8) is 0 Å². The van der Waals surface area contributed by atoms with Gasteiger partial charge in [-0.05, 0) is 72.8 Å². The number of rotatable bonds is 4. The van der Waals surface area contributed by atoms with Gasteiger partial charge in [-0.3, -0.25) is 4.57 Å². The molecular weight excluding hydrogens is 671 g/mol. The van der Waals surface area contributed by atoms with Gasteiger partial charge in [0.1, 0.15) is 5.69 Å². The molecule has 0 atom stereocenters. The third kappa shape index (κ3) is 4.29. The van der Waals surface area contributed by atoms with Crippen LogP contribution in [0, 0.1) is 0 Å². The van der Waals surface area contributed by atoms with E-state index in [2.05, 4.69) is 171 Å². The maximum atomic E-state index is 5.32. The summed E-state index contributed by atoms with van der Waals surface area (Å²) < 4.78 is 7.14. The molecule has 4 aromatic heterocycles. The van der Waals surface area contributed by atoms with Crippen molar-refractivity contribution >= 4 is 76.5 Å². The molecule has 256 valence electrons. The van der Waals surface area contributed by atoms with E-state index in [1.165, 1.54) is 49.0 Å². The highest BCUT2D eigenvalue weighted by Crippen LogP contribution is 2.43. The molecule has 55 heavy (non-hydrogen) atoms. The van der Waals surface area contributed by atoms with E-state index in [1.807, 2.05) is 30.3 Å². The second-order valence-electron chi connectivity index (χ2n) is 14.2. The van der Waals surface area contributed by atoms with Gasteiger partial charge >= 0.3 is 0 Å². The number of hydrogen-bond acceptors (Lipinski definition) is 2. The molecule has 0 fully saturated rings. The van der Waals surface area contributed by atoms with Gasteiger partial charge in [-0.2, -0.15) is 0 Å². The molecule has 12 aromatic rings. The predicted octanol–water partition coefficient (Wildman–Crippen LogP) is 12.6. The van der Waals surface area contributed by atoms with Crippen molar-refractivity contribution < 1.29 is 0 Å². The standard InChI is InChI=1S/C50H31N5/c1-3-15-32(16-4-1)49-50(52-40-23-11-10-22-39(40)51-49)55-41-24-12-7-19-35(41)38-31-34(27-28-44(38)55)54-43-26-14-9-21-37(43)48-46(54)30-29-45-47(48)36-20-8-13-25-42(36)53(45)33-17-5-2-6-18-33/h1-31H. The first-order valence-electron chi connectivity index (χ1n) is 18.7. The second-order valence-corrected chi connectivity index (χ2v) is 14.2. The van der Waals surface area contributed by atoms with Gasteiger partial charge in [-0.1, -0.05) is 115 Å². The Kier molecular flexibility index (Phi) is 6.27. The van der Waals surface area contributed by atoms with E-state index in [9.17, 15) is 0 Å². The minimum Gasteiger partial charge on any atom is -0.309 e. The fourth-order valence-electron chi connectivity index (χ4n) is 8.92. The van der Waals surface area contributed by atoms with Crippen LogP contribution in [0.3, 0.4) is 0 Å². The molecular formula is C50H31N5. The number of hydrogen-bond donors (Lipinski definition) is 0. The van der Waals surface area contributed by atoms with Crippen molar-refractivity contribution in [1.82, 2.24) is 23.7 Å². The lowest BCUT2D eigenvalue weighted by Crippen LogP contribution is -2.03. The predicted molar refractivity (Wildman–Crippen MR) is 228 cm³/mol. The van der Waals surface area contributed by atoms with E-state index in [-0.39, 0.29) is 0 Å². The second kappa shape index (κ2) is 11.5. The van der Waals surface area contributed by atoms with Gasteiger partial charge in [-0.25, -0.2) is 9.97 Å². The van der Waals surface area contributed by atoms with Crippen LogP contribution in [0.2, 0.25) is 0 Å². The third-order valence-electron chi connectivity index (χ3n) is 11.2. The summed E-state index contributed by atoms with van der Waals surface area (Å²) in [6.07, 6.45) is 0. The summed E-state index contributed by atoms with van der Waals surface area (Å²) >= 11 is 0. The van der Waals surface area contributed by atoms with Crippen molar-refractivity contribution in [3.8, 4) is 28.5 Å². The fourth-order valence-corrected chi connectivity index (χ4v) is 8.92. The molecule has 0 saturated carbocycles. The van der Waals surface area contributed by atoms with Gasteiger partial charge in [0.25, 0.3) is 0 Å². The van der Waals surface area contributed by atoms with Crippen LogP contribution < -0.4 is 0 Å².